The van der Waals surface area contributed by atoms with Gasteiger partial charge in [-0.1, -0.05) is 19.4 Å². The minimum Gasteiger partial charge on any atom is -0.494 e. The zero-order chi connectivity index (χ0) is 12.7. The maximum atomic E-state index is 13.3. The first-order valence-corrected chi connectivity index (χ1v) is 5.65. The molecule has 0 fully saturated rings. The summed E-state index contributed by atoms with van der Waals surface area (Å²) in [7, 11) is 1.40. The third-order valence-electron chi connectivity index (χ3n) is 2.33. The lowest BCUT2D eigenvalue weighted by Crippen LogP contribution is -2.09. The molecule has 0 radical (unpaired) electrons. The van der Waals surface area contributed by atoms with E-state index in [-0.39, 0.29) is 18.1 Å². The maximum Gasteiger partial charge on any atom is 0.310 e. The second kappa shape index (κ2) is 6.89. The van der Waals surface area contributed by atoms with E-state index < -0.39 is 5.82 Å². The molecule has 0 spiro atoms. The number of hydrogen-bond acceptors (Lipinski definition) is 3. The van der Waals surface area contributed by atoms with Gasteiger partial charge in [0.25, 0.3) is 0 Å². The first-order chi connectivity index (χ1) is 8.17. The van der Waals surface area contributed by atoms with E-state index in [0.29, 0.717) is 12.2 Å². The quantitative estimate of drug-likeness (QED) is 0.566. The molecule has 0 atom stereocenters. The van der Waals surface area contributed by atoms with Gasteiger partial charge in [-0.3, -0.25) is 4.79 Å². The predicted octanol–water partition coefficient (Wildman–Crippen LogP) is 2.72. The molecule has 0 amide bonds. The third kappa shape index (κ3) is 4.43. The minimum absolute atomic E-state index is 0.0879. The Labute approximate surface area is 101 Å². The highest BCUT2D eigenvalue weighted by atomic mass is 19.1. The van der Waals surface area contributed by atoms with Crippen LogP contribution in [0.1, 0.15) is 25.3 Å². The van der Waals surface area contributed by atoms with Gasteiger partial charge in [-0.25, -0.2) is 4.39 Å². The van der Waals surface area contributed by atoms with Gasteiger partial charge in [-0.2, -0.15) is 0 Å². The van der Waals surface area contributed by atoms with Crippen molar-refractivity contribution in [2.24, 2.45) is 0 Å². The molecule has 3 nitrogen and oxygen atoms in total. The fourth-order valence-electron chi connectivity index (χ4n) is 1.37. The molecular formula is C13H17FO3. The van der Waals surface area contributed by atoms with Gasteiger partial charge >= 0.3 is 5.97 Å². The van der Waals surface area contributed by atoms with Crippen LogP contribution in [0.4, 0.5) is 4.39 Å². The number of methoxy groups -OCH3 is 1. The highest BCUT2D eigenvalue weighted by Gasteiger charge is 2.08. The van der Waals surface area contributed by atoms with Gasteiger partial charge in [0.15, 0.2) is 11.6 Å². The molecule has 94 valence electrons. The van der Waals surface area contributed by atoms with Crippen LogP contribution in [-0.2, 0) is 16.0 Å². The molecule has 0 aromatic heterocycles. The average Bonchev–Trinajstić information content (AvgIpc) is 2.29. The number of benzene rings is 1. The normalized spacial score (nSPS) is 10.1. The Hall–Kier alpha value is -1.58. The summed E-state index contributed by atoms with van der Waals surface area (Å²) in [4.78, 5) is 11.4. The van der Waals surface area contributed by atoms with Crippen molar-refractivity contribution in [2.75, 3.05) is 13.7 Å². The Morgan fingerprint density at radius 3 is 2.76 bits per heavy atom. The van der Waals surface area contributed by atoms with E-state index in [9.17, 15) is 9.18 Å². The van der Waals surface area contributed by atoms with Crippen LogP contribution in [0.3, 0.4) is 0 Å². The average molecular weight is 240 g/mol. The van der Waals surface area contributed by atoms with Crippen molar-refractivity contribution in [3.05, 3.63) is 29.6 Å². The van der Waals surface area contributed by atoms with E-state index in [0.717, 1.165) is 12.8 Å². The van der Waals surface area contributed by atoms with Gasteiger partial charge in [0.2, 0.25) is 0 Å². The standard InChI is InChI=1S/C13H17FO3/c1-3-4-7-17-13(15)9-10-5-6-12(16-2)11(14)8-10/h5-6,8H,3-4,7,9H2,1-2H3. The monoisotopic (exact) mass is 240 g/mol. The Morgan fingerprint density at radius 1 is 1.41 bits per heavy atom. The first-order valence-electron chi connectivity index (χ1n) is 5.65. The van der Waals surface area contributed by atoms with E-state index in [1.165, 1.54) is 19.2 Å². The van der Waals surface area contributed by atoms with Crippen LogP contribution in [0.25, 0.3) is 0 Å². The lowest BCUT2D eigenvalue weighted by molar-refractivity contribution is -0.142. The Balaban J connectivity index is 2.51. The van der Waals surface area contributed by atoms with Crippen molar-refractivity contribution in [3.63, 3.8) is 0 Å². The Morgan fingerprint density at radius 2 is 2.18 bits per heavy atom. The summed E-state index contributed by atoms with van der Waals surface area (Å²) in [5, 5.41) is 0. The van der Waals surface area contributed by atoms with E-state index in [1.807, 2.05) is 6.92 Å². The van der Waals surface area contributed by atoms with Crippen LogP contribution >= 0.6 is 0 Å². The van der Waals surface area contributed by atoms with E-state index >= 15 is 0 Å². The maximum absolute atomic E-state index is 13.3. The highest BCUT2D eigenvalue weighted by Crippen LogP contribution is 2.18. The summed E-state index contributed by atoms with van der Waals surface area (Å²) in [6.07, 6.45) is 1.91. The van der Waals surface area contributed by atoms with Crippen molar-refractivity contribution in [1.29, 1.82) is 0 Å². The summed E-state index contributed by atoms with van der Waals surface area (Å²) < 4.78 is 23.1. The molecule has 0 bridgehead atoms. The summed E-state index contributed by atoms with van der Waals surface area (Å²) >= 11 is 0. The fraction of sp³-hybridized carbons (Fsp3) is 0.462. The summed E-state index contributed by atoms with van der Waals surface area (Å²) in [6.45, 7) is 2.45. The molecule has 0 saturated carbocycles. The predicted molar refractivity (Wildman–Crippen MR) is 62.5 cm³/mol. The zero-order valence-corrected chi connectivity index (χ0v) is 10.2. The topological polar surface area (TPSA) is 35.5 Å². The number of carbonyl (C=O) groups is 1. The largest absolute Gasteiger partial charge is 0.494 e. The second-order valence-corrected chi connectivity index (χ2v) is 3.72. The van der Waals surface area contributed by atoms with Crippen molar-refractivity contribution in [3.8, 4) is 5.75 Å². The minimum atomic E-state index is -0.466. The molecule has 0 unspecified atom stereocenters. The molecule has 0 heterocycles. The van der Waals surface area contributed by atoms with Crippen LogP contribution in [0.15, 0.2) is 18.2 Å². The van der Waals surface area contributed by atoms with Crippen LogP contribution in [-0.4, -0.2) is 19.7 Å². The molecule has 0 saturated heterocycles. The van der Waals surface area contributed by atoms with Crippen molar-refractivity contribution >= 4 is 5.97 Å². The Kier molecular flexibility index (Phi) is 5.46. The number of esters is 1. The van der Waals surface area contributed by atoms with E-state index in [1.54, 1.807) is 6.07 Å². The first kappa shape index (κ1) is 13.5. The SMILES string of the molecule is CCCCOC(=O)Cc1ccc(OC)c(F)c1. The molecule has 4 heteroatoms. The van der Waals surface area contributed by atoms with Gasteiger partial charge in [0.05, 0.1) is 20.1 Å². The van der Waals surface area contributed by atoms with Crippen LogP contribution in [0.2, 0.25) is 0 Å². The van der Waals surface area contributed by atoms with Gasteiger partial charge in [-0.15, -0.1) is 0 Å². The van der Waals surface area contributed by atoms with Crippen molar-refractivity contribution in [2.45, 2.75) is 26.2 Å². The van der Waals surface area contributed by atoms with Crippen LogP contribution in [0.5, 0.6) is 5.75 Å². The van der Waals surface area contributed by atoms with Crippen LogP contribution < -0.4 is 4.74 Å². The summed E-state index contributed by atoms with van der Waals surface area (Å²) in [5.74, 6) is -0.623. The number of halogens is 1. The van der Waals surface area contributed by atoms with E-state index in [2.05, 4.69) is 0 Å². The molecule has 1 aromatic rings. The molecule has 0 aliphatic rings. The lowest BCUT2D eigenvalue weighted by Gasteiger charge is -2.06. The van der Waals surface area contributed by atoms with Gasteiger partial charge in [0.1, 0.15) is 0 Å². The number of rotatable bonds is 6. The number of unbranched alkanes of at least 4 members (excludes halogenated alkanes) is 1. The smallest absolute Gasteiger partial charge is 0.310 e. The summed E-state index contributed by atoms with van der Waals surface area (Å²) in [5.41, 5.74) is 0.588. The van der Waals surface area contributed by atoms with Gasteiger partial charge in [-0.05, 0) is 24.1 Å². The molecule has 0 aliphatic heterocycles. The van der Waals surface area contributed by atoms with Gasteiger partial charge in [0, 0.05) is 0 Å². The molecule has 1 aromatic carbocycles. The fourth-order valence-corrected chi connectivity index (χ4v) is 1.37. The van der Waals surface area contributed by atoms with Gasteiger partial charge < -0.3 is 9.47 Å². The summed E-state index contributed by atoms with van der Waals surface area (Å²) in [6, 6.07) is 4.45. The van der Waals surface area contributed by atoms with Crippen molar-refractivity contribution < 1.29 is 18.7 Å². The van der Waals surface area contributed by atoms with Crippen LogP contribution in [0, 0.1) is 5.82 Å². The highest BCUT2D eigenvalue weighted by molar-refractivity contribution is 5.72. The second-order valence-electron chi connectivity index (χ2n) is 3.72. The number of ether oxygens (including phenoxy) is 2. The molecular weight excluding hydrogens is 223 g/mol. The zero-order valence-electron chi connectivity index (χ0n) is 10.2. The van der Waals surface area contributed by atoms with E-state index in [4.69, 9.17) is 9.47 Å². The molecule has 0 N–H and O–H groups in total. The number of hydrogen-bond donors (Lipinski definition) is 0. The Bertz CT molecular complexity index is 377. The lowest BCUT2D eigenvalue weighted by atomic mass is 10.1. The molecule has 0 aliphatic carbocycles. The third-order valence-corrected chi connectivity index (χ3v) is 2.33. The molecule has 1 rings (SSSR count). The number of carbonyl (C=O) groups excluding carboxylic acids is 1. The van der Waals surface area contributed by atoms with Crippen molar-refractivity contribution in [1.82, 2.24) is 0 Å². The molecule has 17 heavy (non-hydrogen) atoms.